The van der Waals surface area contributed by atoms with E-state index in [-0.39, 0.29) is 12.2 Å². The Morgan fingerprint density at radius 3 is 2.52 bits per heavy atom. The van der Waals surface area contributed by atoms with E-state index in [1.165, 1.54) is 31.2 Å². The number of morpholine rings is 1. The van der Waals surface area contributed by atoms with Gasteiger partial charge in [-0.15, -0.1) is 0 Å². The summed E-state index contributed by atoms with van der Waals surface area (Å²) in [5.41, 5.74) is 2.31. The lowest BCUT2D eigenvalue weighted by molar-refractivity contribution is -0.0614. The minimum absolute atomic E-state index is 0.0701. The van der Waals surface area contributed by atoms with Gasteiger partial charge in [-0.05, 0) is 44.4 Å². The zero-order valence-corrected chi connectivity index (χ0v) is 13.5. The van der Waals surface area contributed by atoms with Crippen LogP contribution < -0.4 is 4.90 Å². The Labute approximate surface area is 128 Å². The molecule has 0 bridgehead atoms. The molecule has 0 N–H and O–H groups in total. The lowest BCUT2D eigenvalue weighted by Crippen LogP contribution is -2.51. The molecule has 3 atom stereocenters. The van der Waals surface area contributed by atoms with E-state index in [0.29, 0.717) is 6.54 Å². The van der Waals surface area contributed by atoms with Crippen molar-refractivity contribution in [3.05, 3.63) is 29.8 Å². The third kappa shape index (κ3) is 4.44. The van der Waals surface area contributed by atoms with E-state index in [1.54, 1.807) is 6.92 Å². The zero-order chi connectivity index (χ0) is 15.2. The number of hydrogen-bond donors (Lipinski definition) is 0. The summed E-state index contributed by atoms with van der Waals surface area (Å²) in [6, 6.07) is 8.37. The maximum atomic E-state index is 14.3. The smallest absolute Gasteiger partial charge is 0.198 e. The number of hydrogen-bond acceptors (Lipinski definition) is 2. The minimum Gasteiger partial charge on any atom is -0.369 e. The highest BCUT2D eigenvalue weighted by Gasteiger charge is 2.32. The fourth-order valence-corrected chi connectivity index (χ4v) is 2.96. The first kappa shape index (κ1) is 16.3. The largest absolute Gasteiger partial charge is 0.369 e. The van der Waals surface area contributed by atoms with Crippen LogP contribution in [0.2, 0.25) is 0 Å². The molecule has 1 heterocycles. The van der Waals surface area contributed by atoms with Gasteiger partial charge < -0.3 is 9.64 Å². The number of rotatable bonds is 6. The Balaban J connectivity index is 1.94. The van der Waals surface area contributed by atoms with Crippen LogP contribution in [0.3, 0.4) is 0 Å². The van der Waals surface area contributed by atoms with Crippen molar-refractivity contribution in [3.8, 4) is 0 Å². The molecule has 0 aromatic heterocycles. The fraction of sp³-hybridized carbons (Fsp3) is 0.667. The topological polar surface area (TPSA) is 12.5 Å². The molecule has 1 saturated heterocycles. The Morgan fingerprint density at radius 2 is 1.86 bits per heavy atom. The summed E-state index contributed by atoms with van der Waals surface area (Å²) in [5, 5.41) is 0. The highest BCUT2D eigenvalue weighted by atomic mass is 19.1. The summed E-state index contributed by atoms with van der Waals surface area (Å²) >= 11 is 0. The van der Waals surface area contributed by atoms with Gasteiger partial charge in [0.15, 0.2) is 6.30 Å². The molecule has 1 fully saturated rings. The monoisotopic (exact) mass is 293 g/mol. The van der Waals surface area contributed by atoms with Crippen molar-refractivity contribution in [1.29, 1.82) is 0 Å². The molecule has 118 valence electrons. The molecule has 1 aliphatic heterocycles. The van der Waals surface area contributed by atoms with Gasteiger partial charge in [0.05, 0.1) is 6.10 Å². The number of halogens is 1. The summed E-state index contributed by atoms with van der Waals surface area (Å²) in [6.07, 6.45) is 4.87. The van der Waals surface area contributed by atoms with Crippen molar-refractivity contribution < 1.29 is 9.13 Å². The molecular weight excluding hydrogens is 265 g/mol. The molecule has 2 nitrogen and oxygen atoms in total. The van der Waals surface area contributed by atoms with Gasteiger partial charge in [0.1, 0.15) is 6.10 Å². The number of benzene rings is 1. The average Bonchev–Trinajstić information content (AvgIpc) is 2.48. The van der Waals surface area contributed by atoms with E-state index in [1.807, 2.05) is 24.0 Å². The van der Waals surface area contributed by atoms with Crippen molar-refractivity contribution in [2.24, 2.45) is 0 Å². The van der Waals surface area contributed by atoms with Gasteiger partial charge in [-0.2, -0.15) is 0 Å². The molecule has 1 aromatic rings. The molecule has 3 heteroatoms. The third-order valence-electron chi connectivity index (χ3n) is 4.17. The number of alkyl halides is 1. The van der Waals surface area contributed by atoms with Crippen LogP contribution in [-0.2, 0) is 11.2 Å². The van der Waals surface area contributed by atoms with Crippen LogP contribution in [0.1, 0.15) is 52.0 Å². The van der Waals surface area contributed by atoms with E-state index < -0.39 is 6.30 Å². The van der Waals surface area contributed by atoms with Crippen LogP contribution in [0.4, 0.5) is 10.1 Å². The summed E-state index contributed by atoms with van der Waals surface area (Å²) in [7, 11) is 0. The van der Waals surface area contributed by atoms with Crippen molar-refractivity contribution >= 4 is 5.69 Å². The number of aryl methyl sites for hydroxylation is 1. The summed E-state index contributed by atoms with van der Waals surface area (Å²) < 4.78 is 19.8. The second-order valence-electron chi connectivity index (χ2n) is 6.15. The standard InChI is InChI=1S/C18H28FNO/c1-4-5-6-7-8-16-9-11-17(12-10-16)20-13-14(2)21-15(3)18(20)19/h9-12,14-15,18H,4-8,13H2,1-3H3/t14-,15+,18?/m0/s1. The number of nitrogens with zero attached hydrogens (tertiary/aromatic N) is 1. The molecule has 1 unspecified atom stereocenters. The second-order valence-corrected chi connectivity index (χ2v) is 6.15. The van der Waals surface area contributed by atoms with Crippen LogP contribution >= 0.6 is 0 Å². The Bertz CT molecular complexity index is 420. The Kier molecular flexibility index (Phi) is 6.04. The number of ether oxygens (including phenoxy) is 1. The molecule has 0 radical (unpaired) electrons. The van der Waals surface area contributed by atoms with Gasteiger partial charge in [-0.3, -0.25) is 0 Å². The van der Waals surface area contributed by atoms with Gasteiger partial charge in [0.2, 0.25) is 0 Å². The average molecular weight is 293 g/mol. The van der Waals surface area contributed by atoms with Crippen LogP contribution in [0, 0.1) is 0 Å². The van der Waals surface area contributed by atoms with E-state index in [0.717, 1.165) is 12.1 Å². The maximum Gasteiger partial charge on any atom is 0.198 e. The van der Waals surface area contributed by atoms with Gasteiger partial charge in [-0.25, -0.2) is 4.39 Å². The molecule has 0 saturated carbocycles. The predicted molar refractivity (Wildman–Crippen MR) is 86.5 cm³/mol. The van der Waals surface area contributed by atoms with Gasteiger partial charge in [0, 0.05) is 12.2 Å². The molecule has 0 amide bonds. The predicted octanol–water partition coefficient (Wildman–Crippen LogP) is 4.72. The van der Waals surface area contributed by atoms with Crippen LogP contribution in [-0.4, -0.2) is 25.0 Å². The highest BCUT2D eigenvalue weighted by Crippen LogP contribution is 2.26. The van der Waals surface area contributed by atoms with Crippen LogP contribution in [0.25, 0.3) is 0 Å². The molecule has 1 aliphatic rings. The Morgan fingerprint density at radius 1 is 1.14 bits per heavy atom. The molecule has 0 aliphatic carbocycles. The first-order valence-electron chi connectivity index (χ1n) is 8.27. The van der Waals surface area contributed by atoms with Crippen molar-refractivity contribution in [2.75, 3.05) is 11.4 Å². The van der Waals surface area contributed by atoms with Crippen LogP contribution in [0.5, 0.6) is 0 Å². The SMILES string of the molecule is CCCCCCc1ccc(N2C[C@H](C)O[C@H](C)C2F)cc1. The van der Waals surface area contributed by atoms with Crippen molar-refractivity contribution in [3.63, 3.8) is 0 Å². The summed E-state index contributed by atoms with van der Waals surface area (Å²) in [5.74, 6) is 0. The number of anilines is 1. The fourth-order valence-electron chi connectivity index (χ4n) is 2.96. The molecule has 2 rings (SSSR count). The van der Waals surface area contributed by atoms with E-state index >= 15 is 0 Å². The van der Waals surface area contributed by atoms with Gasteiger partial charge in [-0.1, -0.05) is 38.3 Å². The summed E-state index contributed by atoms with van der Waals surface area (Å²) in [4.78, 5) is 1.82. The quantitative estimate of drug-likeness (QED) is 0.556. The van der Waals surface area contributed by atoms with Crippen LogP contribution in [0.15, 0.2) is 24.3 Å². The second kappa shape index (κ2) is 7.79. The van der Waals surface area contributed by atoms with E-state index in [4.69, 9.17) is 4.74 Å². The lowest BCUT2D eigenvalue weighted by Gasteiger charge is -2.39. The lowest BCUT2D eigenvalue weighted by atomic mass is 10.1. The number of unbranched alkanes of at least 4 members (excludes halogenated alkanes) is 3. The van der Waals surface area contributed by atoms with E-state index in [2.05, 4.69) is 19.1 Å². The van der Waals surface area contributed by atoms with Gasteiger partial charge in [0.25, 0.3) is 0 Å². The molecule has 1 aromatic carbocycles. The normalized spacial score (nSPS) is 26.1. The third-order valence-corrected chi connectivity index (χ3v) is 4.17. The first-order valence-corrected chi connectivity index (χ1v) is 8.27. The minimum atomic E-state index is -1.06. The molecular formula is C18H28FNO. The zero-order valence-electron chi connectivity index (χ0n) is 13.5. The van der Waals surface area contributed by atoms with Gasteiger partial charge >= 0.3 is 0 Å². The first-order chi connectivity index (χ1) is 10.1. The summed E-state index contributed by atoms with van der Waals surface area (Å²) in [6.45, 7) is 6.64. The molecule has 0 spiro atoms. The molecule has 21 heavy (non-hydrogen) atoms. The van der Waals surface area contributed by atoms with Crippen molar-refractivity contribution in [2.45, 2.75) is 71.4 Å². The maximum absolute atomic E-state index is 14.3. The van der Waals surface area contributed by atoms with Crippen molar-refractivity contribution in [1.82, 2.24) is 0 Å². The van der Waals surface area contributed by atoms with E-state index in [9.17, 15) is 4.39 Å². The highest BCUT2D eigenvalue weighted by molar-refractivity contribution is 5.49. The Hall–Kier alpha value is -1.09.